The zero-order valence-corrected chi connectivity index (χ0v) is 24.9. The van der Waals surface area contributed by atoms with E-state index >= 15 is 0 Å². The molecule has 5 aromatic carbocycles. The summed E-state index contributed by atoms with van der Waals surface area (Å²) in [6, 6.07) is 40.2. The summed E-state index contributed by atoms with van der Waals surface area (Å²) in [5, 5.41) is 15.1. The molecular weight excluding hydrogens is 541 g/mol. The van der Waals surface area contributed by atoms with E-state index in [-0.39, 0.29) is 11.5 Å². The van der Waals surface area contributed by atoms with Crippen molar-refractivity contribution >= 4 is 58.9 Å². The molecule has 0 fully saturated rings. The molecule has 2 aromatic heterocycles. The molecule has 1 atom stereocenters. The monoisotopic (exact) mass is 568 g/mol. The van der Waals surface area contributed by atoms with Crippen LogP contribution in [0.5, 0.6) is 0 Å². The van der Waals surface area contributed by atoms with Gasteiger partial charge in [0.25, 0.3) is 0 Å². The average molecular weight is 569 g/mol. The lowest BCUT2D eigenvalue weighted by molar-refractivity contribution is 0.655. The zero-order valence-electron chi connectivity index (χ0n) is 24.1. The molecule has 0 aliphatic heterocycles. The molecule has 9 rings (SSSR count). The minimum atomic E-state index is -0.0227. The van der Waals surface area contributed by atoms with Crippen LogP contribution in [-0.2, 0) is 5.41 Å². The summed E-state index contributed by atoms with van der Waals surface area (Å²) in [5.41, 5.74) is 11.3. The van der Waals surface area contributed by atoms with Crippen LogP contribution in [0.25, 0.3) is 58.7 Å². The van der Waals surface area contributed by atoms with E-state index in [0.717, 1.165) is 5.57 Å². The summed E-state index contributed by atoms with van der Waals surface area (Å²) in [5.74, 6) is 0. The Morgan fingerprint density at radius 1 is 0.674 bits per heavy atom. The van der Waals surface area contributed by atoms with Crippen molar-refractivity contribution in [3.05, 3.63) is 138 Å². The molecule has 0 N–H and O–H groups in total. The van der Waals surface area contributed by atoms with Gasteiger partial charge in [-0.2, -0.15) is 5.26 Å². The second-order valence-electron chi connectivity index (χ2n) is 12.4. The van der Waals surface area contributed by atoms with Gasteiger partial charge in [-0.05, 0) is 46.0 Å². The van der Waals surface area contributed by atoms with Crippen molar-refractivity contribution in [2.24, 2.45) is 0 Å². The molecule has 2 aliphatic rings. The third-order valence-corrected chi connectivity index (χ3v) is 11.1. The maximum absolute atomic E-state index is 10.0. The summed E-state index contributed by atoms with van der Waals surface area (Å²) in [6.45, 7) is 4.70. The molecule has 0 bridgehead atoms. The van der Waals surface area contributed by atoms with Gasteiger partial charge in [-0.1, -0.05) is 111 Å². The second-order valence-corrected chi connectivity index (χ2v) is 13.4. The Morgan fingerprint density at radius 2 is 1.33 bits per heavy atom. The fourth-order valence-electron chi connectivity index (χ4n) is 7.83. The number of allylic oxidation sites excluding steroid dienone is 4. The Kier molecular flexibility index (Phi) is 5.05. The van der Waals surface area contributed by atoms with Crippen LogP contribution in [0.2, 0.25) is 0 Å². The van der Waals surface area contributed by atoms with Gasteiger partial charge in [0.2, 0.25) is 0 Å². The molecule has 0 amide bonds. The number of aromatic nitrogens is 1. The van der Waals surface area contributed by atoms with Crippen LogP contribution in [0.15, 0.2) is 121 Å². The predicted octanol–water partition coefficient (Wildman–Crippen LogP) is 10.9. The van der Waals surface area contributed by atoms with Gasteiger partial charge < -0.3 is 4.57 Å². The van der Waals surface area contributed by atoms with Gasteiger partial charge in [0.15, 0.2) is 0 Å². The predicted molar refractivity (Wildman–Crippen MR) is 182 cm³/mol. The summed E-state index contributed by atoms with van der Waals surface area (Å²) in [7, 11) is 0. The fraction of sp³-hybridized carbons (Fsp3) is 0.125. The van der Waals surface area contributed by atoms with Crippen LogP contribution in [0, 0.1) is 11.3 Å². The lowest BCUT2D eigenvalue weighted by atomic mass is 9.82. The lowest BCUT2D eigenvalue weighted by Crippen LogP contribution is -2.14. The molecular formula is C40H28N2S. The van der Waals surface area contributed by atoms with Crippen LogP contribution in [-0.4, -0.2) is 4.57 Å². The van der Waals surface area contributed by atoms with Crippen molar-refractivity contribution in [1.29, 1.82) is 5.26 Å². The molecule has 2 heterocycles. The van der Waals surface area contributed by atoms with Crippen molar-refractivity contribution in [2.45, 2.75) is 31.7 Å². The first-order chi connectivity index (χ1) is 21.1. The standard InChI is InChI=1S/C40H28N2S/c1-40(2)32-15-6-3-12-31(32)37-33(40)21-20-30-29-14-9-13-28(38(29)43-39(30)37)27-19-18-24(23-41)22-36(27)42-34-16-7-4-10-25(34)26-11-5-8-17-35(26)42/h3-21,36H,22H2,1-2H3. The number of rotatable bonds is 2. The van der Waals surface area contributed by atoms with Gasteiger partial charge in [-0.15, -0.1) is 11.3 Å². The Hall–Kier alpha value is -4.91. The van der Waals surface area contributed by atoms with Gasteiger partial charge in [0.1, 0.15) is 0 Å². The Labute approximate surface area is 254 Å². The highest BCUT2D eigenvalue weighted by atomic mass is 32.1. The minimum absolute atomic E-state index is 0.00522. The third kappa shape index (κ3) is 3.27. The first-order valence-corrected chi connectivity index (χ1v) is 15.8. The lowest BCUT2D eigenvalue weighted by Gasteiger charge is -2.27. The van der Waals surface area contributed by atoms with Crippen molar-refractivity contribution in [3.63, 3.8) is 0 Å². The van der Waals surface area contributed by atoms with Crippen molar-refractivity contribution in [1.82, 2.24) is 4.57 Å². The third-order valence-electron chi connectivity index (χ3n) is 9.83. The molecule has 0 radical (unpaired) electrons. The van der Waals surface area contributed by atoms with E-state index in [1.165, 1.54) is 75.4 Å². The van der Waals surface area contributed by atoms with Gasteiger partial charge >= 0.3 is 0 Å². The topological polar surface area (TPSA) is 28.7 Å². The number of para-hydroxylation sites is 2. The molecule has 7 aromatic rings. The second kappa shape index (κ2) is 8.80. The van der Waals surface area contributed by atoms with E-state index in [0.29, 0.717) is 6.42 Å². The van der Waals surface area contributed by atoms with Crippen LogP contribution >= 0.6 is 11.3 Å². The van der Waals surface area contributed by atoms with E-state index in [1.807, 2.05) is 17.4 Å². The van der Waals surface area contributed by atoms with Gasteiger partial charge in [0.05, 0.1) is 12.1 Å². The van der Waals surface area contributed by atoms with Gasteiger partial charge in [-0.25, -0.2) is 0 Å². The molecule has 43 heavy (non-hydrogen) atoms. The molecule has 0 spiro atoms. The first kappa shape index (κ1) is 24.7. The van der Waals surface area contributed by atoms with Crippen LogP contribution in [0.4, 0.5) is 0 Å². The molecule has 1 unspecified atom stereocenters. The molecule has 0 saturated heterocycles. The summed E-state index contributed by atoms with van der Waals surface area (Å²) in [6.07, 6.45) is 4.91. The van der Waals surface area contributed by atoms with Gasteiger partial charge in [-0.3, -0.25) is 0 Å². The Morgan fingerprint density at radius 3 is 2.09 bits per heavy atom. The quantitative estimate of drug-likeness (QED) is 0.204. The summed E-state index contributed by atoms with van der Waals surface area (Å²) < 4.78 is 5.17. The van der Waals surface area contributed by atoms with Crippen LogP contribution < -0.4 is 0 Å². The number of benzene rings is 5. The maximum atomic E-state index is 10.0. The van der Waals surface area contributed by atoms with E-state index in [2.05, 4.69) is 134 Å². The largest absolute Gasteiger partial charge is 0.332 e. The number of thiophene rings is 1. The highest BCUT2D eigenvalue weighted by molar-refractivity contribution is 7.26. The SMILES string of the molecule is CC1(C)c2ccccc2-c2c1ccc1c2sc2c(C3=CC=C(C#N)CC3n3c4ccccc4c4ccccc43)cccc21. The van der Waals surface area contributed by atoms with Gasteiger partial charge in [0, 0.05) is 65.0 Å². The summed E-state index contributed by atoms with van der Waals surface area (Å²) >= 11 is 1.93. The smallest absolute Gasteiger partial charge is 0.0948 e. The summed E-state index contributed by atoms with van der Waals surface area (Å²) in [4.78, 5) is 0. The Bertz CT molecular complexity index is 2370. The normalized spacial score (nSPS) is 17.2. The minimum Gasteiger partial charge on any atom is -0.332 e. The number of nitriles is 1. The molecule has 2 nitrogen and oxygen atoms in total. The average Bonchev–Trinajstić information content (AvgIpc) is 3.67. The zero-order chi connectivity index (χ0) is 28.9. The first-order valence-electron chi connectivity index (χ1n) is 14.9. The molecule has 2 aliphatic carbocycles. The maximum Gasteiger partial charge on any atom is 0.0948 e. The number of hydrogen-bond acceptors (Lipinski definition) is 2. The fourth-order valence-corrected chi connectivity index (χ4v) is 9.23. The number of fused-ring (bicyclic) bond motifs is 10. The van der Waals surface area contributed by atoms with E-state index in [4.69, 9.17) is 0 Å². The van der Waals surface area contributed by atoms with Crippen LogP contribution in [0.3, 0.4) is 0 Å². The van der Waals surface area contributed by atoms with Crippen molar-refractivity contribution in [2.75, 3.05) is 0 Å². The highest BCUT2D eigenvalue weighted by Crippen LogP contribution is 2.54. The molecule has 0 saturated carbocycles. The van der Waals surface area contributed by atoms with Crippen molar-refractivity contribution in [3.8, 4) is 17.2 Å². The number of nitrogens with zero attached hydrogens (tertiary/aromatic N) is 2. The van der Waals surface area contributed by atoms with E-state index < -0.39 is 0 Å². The van der Waals surface area contributed by atoms with Crippen molar-refractivity contribution < 1.29 is 0 Å². The highest BCUT2D eigenvalue weighted by Gasteiger charge is 2.37. The van der Waals surface area contributed by atoms with E-state index in [9.17, 15) is 5.26 Å². The number of hydrogen-bond donors (Lipinski definition) is 0. The molecule has 3 heteroatoms. The molecule has 204 valence electrons. The Balaban J connectivity index is 1.32. The van der Waals surface area contributed by atoms with E-state index in [1.54, 1.807) is 0 Å². The van der Waals surface area contributed by atoms with Crippen LogP contribution in [0.1, 0.15) is 43.0 Å².